The van der Waals surface area contributed by atoms with Gasteiger partial charge in [0.05, 0.1) is 27.5 Å². The third kappa shape index (κ3) is 3.67. The molecule has 0 aliphatic heterocycles. The molecule has 1 N–H and O–H groups in total. The van der Waals surface area contributed by atoms with Crippen molar-refractivity contribution in [2.45, 2.75) is 6.61 Å². The summed E-state index contributed by atoms with van der Waals surface area (Å²) in [6.45, 7) is -0.462. The number of nitrogens with zero attached hydrogens (tertiary/aromatic N) is 2. The molecule has 0 bridgehead atoms. The van der Waals surface area contributed by atoms with Crippen LogP contribution in [0, 0.1) is 20.2 Å². The Labute approximate surface area is 139 Å². The minimum atomic E-state index is -0.815. The molecule has 0 aliphatic rings. The molecule has 0 amide bonds. The molecule has 10 heteroatoms. The largest absolute Gasteiger partial charge is 0.448 e. The van der Waals surface area contributed by atoms with E-state index in [-0.39, 0.29) is 27.1 Å². The van der Waals surface area contributed by atoms with Crippen LogP contribution >= 0.6 is 23.2 Å². The van der Waals surface area contributed by atoms with Gasteiger partial charge in [-0.3, -0.25) is 20.2 Å². The fraction of sp³-hybridized carbons (Fsp3) is 0.0769. The number of nitro groups is 2. The Morgan fingerprint density at radius 3 is 2.35 bits per heavy atom. The number of benzene rings is 2. The monoisotopic (exact) mass is 358 g/mol. The van der Waals surface area contributed by atoms with E-state index in [0.29, 0.717) is 0 Å². The standard InChI is InChI=1S/C13H8Cl2N2O6/c14-8-3-7(6-18)13(10(15)4-8)23-12-2-1-9(16(19)20)5-11(12)17(21)22/h1-5,18H,6H2. The topological polar surface area (TPSA) is 116 Å². The maximum absolute atomic E-state index is 11.1. The summed E-state index contributed by atoms with van der Waals surface area (Å²) in [6.07, 6.45) is 0. The minimum Gasteiger partial charge on any atom is -0.448 e. The number of halogens is 2. The van der Waals surface area contributed by atoms with Gasteiger partial charge in [-0.1, -0.05) is 23.2 Å². The van der Waals surface area contributed by atoms with Crippen molar-refractivity contribution in [3.8, 4) is 11.5 Å². The first-order chi connectivity index (χ1) is 10.8. The Morgan fingerprint density at radius 2 is 1.78 bits per heavy atom. The molecule has 0 spiro atoms. The number of rotatable bonds is 5. The number of hydrogen-bond acceptors (Lipinski definition) is 6. The lowest BCUT2D eigenvalue weighted by atomic mass is 10.2. The quantitative estimate of drug-likeness (QED) is 0.635. The predicted molar refractivity (Wildman–Crippen MR) is 82.2 cm³/mol. The van der Waals surface area contributed by atoms with Gasteiger partial charge < -0.3 is 9.84 Å². The highest BCUT2D eigenvalue weighted by Crippen LogP contribution is 2.40. The SMILES string of the molecule is O=[N+]([O-])c1ccc(Oc2c(Cl)cc(Cl)cc2CO)c([N+](=O)[O-])c1. The first-order valence-corrected chi connectivity index (χ1v) is 6.78. The zero-order chi connectivity index (χ0) is 17.1. The Morgan fingerprint density at radius 1 is 1.09 bits per heavy atom. The van der Waals surface area contributed by atoms with Gasteiger partial charge in [0.25, 0.3) is 5.69 Å². The minimum absolute atomic E-state index is 0.0180. The molecular formula is C13H8Cl2N2O6. The Kier molecular flexibility index (Phi) is 4.99. The van der Waals surface area contributed by atoms with Gasteiger partial charge in [-0.2, -0.15) is 0 Å². The average molecular weight is 359 g/mol. The maximum atomic E-state index is 11.1. The summed E-state index contributed by atoms with van der Waals surface area (Å²) in [7, 11) is 0. The van der Waals surface area contributed by atoms with E-state index in [2.05, 4.69) is 0 Å². The summed E-state index contributed by atoms with van der Waals surface area (Å²) in [5.74, 6) is -0.268. The normalized spacial score (nSPS) is 10.4. The van der Waals surface area contributed by atoms with Gasteiger partial charge >= 0.3 is 5.69 Å². The Balaban J connectivity index is 2.52. The van der Waals surface area contributed by atoms with Crippen LogP contribution in [0.15, 0.2) is 30.3 Å². The lowest BCUT2D eigenvalue weighted by molar-refractivity contribution is -0.394. The molecular weight excluding hydrogens is 351 g/mol. The van der Waals surface area contributed by atoms with Gasteiger partial charge in [0, 0.05) is 16.7 Å². The van der Waals surface area contributed by atoms with Gasteiger partial charge in [-0.25, -0.2) is 0 Å². The van der Waals surface area contributed by atoms with Crippen molar-refractivity contribution in [2.75, 3.05) is 0 Å². The third-order valence-corrected chi connectivity index (χ3v) is 3.32. The van der Waals surface area contributed by atoms with Crippen LogP contribution in [0.25, 0.3) is 0 Å². The van der Waals surface area contributed by atoms with Crippen LogP contribution in [-0.4, -0.2) is 15.0 Å². The molecule has 8 nitrogen and oxygen atoms in total. The smallest absolute Gasteiger partial charge is 0.318 e. The van der Waals surface area contributed by atoms with Gasteiger partial charge in [-0.15, -0.1) is 0 Å². The fourth-order valence-corrected chi connectivity index (χ4v) is 2.38. The van der Waals surface area contributed by atoms with E-state index < -0.39 is 27.8 Å². The molecule has 23 heavy (non-hydrogen) atoms. The fourth-order valence-electron chi connectivity index (χ4n) is 1.80. The van der Waals surface area contributed by atoms with Crippen LogP contribution in [0.5, 0.6) is 11.5 Å². The van der Waals surface area contributed by atoms with Crippen molar-refractivity contribution >= 4 is 34.6 Å². The van der Waals surface area contributed by atoms with E-state index in [0.717, 1.165) is 18.2 Å². The summed E-state index contributed by atoms with van der Waals surface area (Å²) < 4.78 is 5.40. The summed E-state index contributed by atoms with van der Waals surface area (Å²) >= 11 is 11.8. The van der Waals surface area contributed by atoms with Crippen LogP contribution < -0.4 is 4.74 Å². The van der Waals surface area contributed by atoms with E-state index in [4.69, 9.17) is 27.9 Å². The van der Waals surface area contributed by atoms with Crippen LogP contribution in [0.4, 0.5) is 11.4 Å². The van der Waals surface area contributed by atoms with E-state index in [9.17, 15) is 25.3 Å². The first kappa shape index (κ1) is 16.9. The van der Waals surface area contributed by atoms with E-state index >= 15 is 0 Å². The molecule has 0 aliphatic carbocycles. The van der Waals surface area contributed by atoms with Crippen LogP contribution in [0.3, 0.4) is 0 Å². The molecule has 120 valence electrons. The van der Waals surface area contributed by atoms with Crippen LogP contribution in [0.1, 0.15) is 5.56 Å². The van der Waals surface area contributed by atoms with E-state index in [1.807, 2.05) is 0 Å². The zero-order valence-electron chi connectivity index (χ0n) is 11.2. The summed E-state index contributed by atoms with van der Waals surface area (Å²) in [4.78, 5) is 20.2. The molecule has 0 saturated heterocycles. The summed E-state index contributed by atoms with van der Waals surface area (Å²) in [6, 6.07) is 5.65. The van der Waals surface area contributed by atoms with Crippen molar-refractivity contribution in [1.29, 1.82) is 0 Å². The highest BCUT2D eigenvalue weighted by molar-refractivity contribution is 6.35. The summed E-state index contributed by atoms with van der Waals surface area (Å²) in [5, 5.41) is 31.4. The second-order valence-corrected chi connectivity index (χ2v) is 5.15. The van der Waals surface area contributed by atoms with Crippen LogP contribution in [-0.2, 0) is 6.61 Å². The average Bonchev–Trinajstić information content (AvgIpc) is 2.49. The lowest BCUT2D eigenvalue weighted by Gasteiger charge is -2.12. The van der Waals surface area contributed by atoms with E-state index in [1.54, 1.807) is 0 Å². The second-order valence-electron chi connectivity index (χ2n) is 4.30. The number of nitro benzene ring substituents is 2. The van der Waals surface area contributed by atoms with E-state index in [1.165, 1.54) is 12.1 Å². The molecule has 0 saturated carbocycles. The zero-order valence-corrected chi connectivity index (χ0v) is 12.7. The van der Waals surface area contributed by atoms with Crippen molar-refractivity contribution in [2.24, 2.45) is 0 Å². The predicted octanol–water partition coefficient (Wildman–Crippen LogP) is 4.09. The van der Waals surface area contributed by atoms with Gasteiger partial charge in [0.1, 0.15) is 0 Å². The number of aliphatic hydroxyl groups excluding tert-OH is 1. The van der Waals surface area contributed by atoms with Crippen molar-refractivity contribution in [3.05, 3.63) is 66.2 Å². The number of ether oxygens (including phenoxy) is 1. The highest BCUT2D eigenvalue weighted by atomic mass is 35.5. The first-order valence-electron chi connectivity index (χ1n) is 6.03. The Bertz CT molecular complexity index is 796. The Hall–Kier alpha value is -2.42. The molecule has 0 fully saturated rings. The van der Waals surface area contributed by atoms with Gasteiger partial charge in [0.15, 0.2) is 5.75 Å². The highest BCUT2D eigenvalue weighted by Gasteiger charge is 2.23. The van der Waals surface area contributed by atoms with Crippen molar-refractivity contribution in [3.63, 3.8) is 0 Å². The summed E-state index contributed by atoms with van der Waals surface area (Å²) in [5.41, 5.74) is -0.835. The number of aliphatic hydroxyl groups is 1. The molecule has 0 aromatic heterocycles. The lowest BCUT2D eigenvalue weighted by Crippen LogP contribution is -1.98. The second kappa shape index (κ2) is 6.78. The molecule has 2 aromatic rings. The van der Waals surface area contributed by atoms with Gasteiger partial charge in [-0.05, 0) is 18.2 Å². The van der Waals surface area contributed by atoms with Gasteiger partial charge in [0.2, 0.25) is 5.75 Å². The molecule has 0 atom stereocenters. The molecule has 2 rings (SSSR count). The molecule has 0 heterocycles. The molecule has 0 radical (unpaired) electrons. The molecule has 0 unspecified atom stereocenters. The molecule has 2 aromatic carbocycles. The number of non-ortho nitro benzene ring substituents is 1. The maximum Gasteiger partial charge on any atom is 0.318 e. The van der Waals surface area contributed by atoms with Crippen molar-refractivity contribution in [1.82, 2.24) is 0 Å². The number of hydrogen-bond donors (Lipinski definition) is 1. The third-order valence-electron chi connectivity index (χ3n) is 2.82. The van der Waals surface area contributed by atoms with Crippen LogP contribution in [0.2, 0.25) is 10.0 Å². The van der Waals surface area contributed by atoms with Crippen molar-refractivity contribution < 1.29 is 19.7 Å².